The number of rotatable bonds is 0. The third-order valence-corrected chi connectivity index (χ3v) is 0. The molecule has 144 valence electrons. The van der Waals surface area contributed by atoms with Crippen LogP contribution < -0.4 is 208 Å². The second kappa shape index (κ2) is 69.8. The predicted molar refractivity (Wildman–Crippen MR) is 48.1 cm³/mol. The van der Waals surface area contributed by atoms with Crippen LogP contribution in [0.1, 0.15) is 0 Å². The molecule has 0 amide bonds. The first-order valence-electron chi connectivity index (χ1n) is 3.79. The molecule has 24 heteroatoms. The molecule has 30 heavy (non-hydrogen) atoms. The number of hydrogen-bond acceptors (Lipinski definition) is 12. The van der Waals surface area contributed by atoms with Gasteiger partial charge in [-0.3, -0.25) is 0 Å². The van der Waals surface area contributed by atoms with E-state index in [1.165, 1.54) is 0 Å². The van der Waals surface area contributed by atoms with Crippen LogP contribution in [0.2, 0.25) is 0 Å². The Morgan fingerprint density at radius 2 is 0.300 bits per heavy atom. The monoisotopic (exact) mass is 504 g/mol. The number of carbonyl (C=O) groups is 6. The first-order valence-corrected chi connectivity index (χ1v) is 3.79. The normalized spacial score (nSPS) is 4.80. The molecule has 0 spiro atoms. The van der Waals surface area contributed by atoms with E-state index >= 15 is 0 Å². The van der Waals surface area contributed by atoms with Gasteiger partial charge in [-0.05, 0) is 0 Å². The van der Waals surface area contributed by atoms with Crippen LogP contribution in [-0.4, -0.2) is 67.6 Å². The van der Waals surface area contributed by atoms with E-state index in [4.69, 9.17) is 90.0 Å². The molecule has 0 fully saturated rings. The van der Waals surface area contributed by atoms with Crippen LogP contribution in [0.5, 0.6) is 0 Å². The average Bonchev–Trinajstić information content (AvgIpc) is 2.08. The molecule has 0 aliphatic rings. The average molecular weight is 504 g/mol. The van der Waals surface area contributed by atoms with Crippen molar-refractivity contribution in [1.29, 1.82) is 0 Å². The Bertz CT molecular complexity index is 272. The van der Waals surface area contributed by atoms with Gasteiger partial charge in [-0.2, -0.15) is 0 Å². The molecule has 0 aromatic heterocycles. The molecule has 0 bridgehead atoms. The Morgan fingerprint density at radius 1 is 0.300 bits per heavy atom. The summed E-state index contributed by atoms with van der Waals surface area (Å²) in [5, 5.41) is 91.8. The quantitative estimate of drug-likeness (QED) is 0.167. The summed E-state index contributed by atoms with van der Waals surface area (Å²) in [5.41, 5.74) is 0. The minimum atomic E-state index is -2.08. The summed E-state index contributed by atoms with van der Waals surface area (Å²) in [6, 6.07) is 0. The van der Waals surface area contributed by atoms with E-state index in [-0.39, 0.29) is 177 Å². The molecule has 0 atom stereocenters. The van der Waals surface area contributed by atoms with Crippen LogP contribution >= 0.6 is 0 Å². The van der Waals surface area contributed by atoms with Gasteiger partial charge in [-0.25, -0.2) is 0 Å². The van der Waals surface area contributed by atoms with E-state index in [2.05, 4.69) is 0 Å². The fourth-order valence-electron chi connectivity index (χ4n) is 0. The molecule has 0 rings (SSSR count). The zero-order valence-corrected chi connectivity index (χ0v) is 28.6. The SMILES string of the molecule is O=C([O-])O.O=C([O-])O.O=C([O-])O.O=C([O-])O.O=C([O-])O.O=C([O-])O.[Na+].[Na+].[Na+].[Na+].[Na+].[Na+]. The van der Waals surface area contributed by atoms with Crippen LogP contribution in [0.15, 0.2) is 0 Å². The Balaban J connectivity index is -0.0000000125. The van der Waals surface area contributed by atoms with Gasteiger partial charge in [0.15, 0.2) is 0 Å². The van der Waals surface area contributed by atoms with Crippen molar-refractivity contribution in [2.45, 2.75) is 0 Å². The van der Waals surface area contributed by atoms with Crippen LogP contribution in [0.4, 0.5) is 28.8 Å². The smallest absolute Gasteiger partial charge is 0.565 e. The maximum absolute atomic E-state index is 8.44. The summed E-state index contributed by atoms with van der Waals surface area (Å²) in [7, 11) is 0. The van der Waals surface area contributed by atoms with Crippen molar-refractivity contribution in [3.05, 3.63) is 0 Å². The van der Waals surface area contributed by atoms with E-state index in [1.54, 1.807) is 0 Å². The fraction of sp³-hybridized carbons (Fsp3) is 0. The molecule has 0 aliphatic heterocycles. The standard InChI is InChI=1S/6CH2O3.6Na/c6*2-1(3)4;;;;;;/h6*(H2,2,3,4);;;;;;/q;;;;;;6*+1/p-6. The van der Waals surface area contributed by atoms with Crippen LogP contribution in [-0.2, 0) is 0 Å². The van der Waals surface area contributed by atoms with E-state index < -0.39 is 36.9 Å². The largest absolute Gasteiger partial charge is 1.00 e. The molecule has 0 aromatic carbocycles. The van der Waals surface area contributed by atoms with Gasteiger partial charge in [0.2, 0.25) is 36.9 Å². The van der Waals surface area contributed by atoms with Gasteiger partial charge in [0.05, 0.1) is 0 Å². The third-order valence-electron chi connectivity index (χ3n) is 0. The fourth-order valence-corrected chi connectivity index (χ4v) is 0. The number of carboxylic acid groups (broad SMARTS) is 12. The molecule has 0 saturated carbocycles. The van der Waals surface area contributed by atoms with Crippen molar-refractivity contribution < 1.29 is 267 Å². The molecule has 18 nitrogen and oxygen atoms in total. The summed E-state index contributed by atoms with van der Waals surface area (Å²) in [5.74, 6) is 0. The maximum Gasteiger partial charge on any atom is 1.00 e. The summed E-state index contributed by atoms with van der Waals surface area (Å²) < 4.78 is 0. The predicted octanol–water partition coefficient (Wildman–Crippen LogP) is -24.6. The van der Waals surface area contributed by atoms with E-state index in [0.717, 1.165) is 0 Å². The van der Waals surface area contributed by atoms with Crippen LogP contribution in [0.3, 0.4) is 0 Å². The minimum absolute atomic E-state index is 0. The molecule has 0 unspecified atom stereocenters. The molecule has 0 saturated heterocycles. The summed E-state index contributed by atoms with van der Waals surface area (Å²) in [6.07, 6.45) is -12.5. The topological polar surface area (TPSA) is 362 Å². The zero-order chi connectivity index (χ0) is 21.5. The molecular formula is C6H6Na6O18. The van der Waals surface area contributed by atoms with E-state index in [1.807, 2.05) is 0 Å². The molecule has 0 heterocycles. The van der Waals surface area contributed by atoms with E-state index in [0.29, 0.717) is 0 Å². The number of hydrogen-bond donors (Lipinski definition) is 6. The second-order valence-corrected chi connectivity index (χ2v) is 1.60. The van der Waals surface area contributed by atoms with Crippen molar-refractivity contribution in [2.75, 3.05) is 0 Å². The Morgan fingerprint density at radius 3 is 0.300 bits per heavy atom. The molecule has 0 radical (unpaired) electrons. The third kappa shape index (κ3) is 9240. The molecule has 0 aliphatic carbocycles. The maximum atomic E-state index is 8.44. The molecule has 0 aromatic rings. The Kier molecular flexibility index (Phi) is 179. The van der Waals surface area contributed by atoms with Crippen molar-refractivity contribution in [2.24, 2.45) is 0 Å². The van der Waals surface area contributed by atoms with Gasteiger partial charge in [0.25, 0.3) is 0 Å². The van der Waals surface area contributed by atoms with Crippen LogP contribution in [0, 0.1) is 0 Å². The van der Waals surface area contributed by atoms with Gasteiger partial charge >= 0.3 is 177 Å². The van der Waals surface area contributed by atoms with E-state index in [9.17, 15) is 0 Å². The van der Waals surface area contributed by atoms with Crippen LogP contribution in [0.25, 0.3) is 0 Å². The summed E-state index contributed by atoms with van der Waals surface area (Å²) in [4.78, 5) is 50.7. The Hall–Kier alpha value is 1.62. The van der Waals surface area contributed by atoms with Crippen molar-refractivity contribution in [3.8, 4) is 0 Å². The second-order valence-electron chi connectivity index (χ2n) is 1.60. The van der Waals surface area contributed by atoms with Crippen molar-refractivity contribution >= 4 is 36.9 Å². The molecular weight excluding hydrogens is 498 g/mol. The van der Waals surface area contributed by atoms with Crippen molar-refractivity contribution in [3.63, 3.8) is 0 Å². The molecule has 6 N–H and O–H groups in total. The van der Waals surface area contributed by atoms with Gasteiger partial charge in [-0.1, -0.05) is 0 Å². The van der Waals surface area contributed by atoms with Gasteiger partial charge in [0, 0.05) is 0 Å². The van der Waals surface area contributed by atoms with Gasteiger partial charge in [0.1, 0.15) is 0 Å². The Labute approximate surface area is 299 Å². The summed E-state index contributed by atoms with van der Waals surface area (Å²) in [6.45, 7) is 0. The van der Waals surface area contributed by atoms with Crippen molar-refractivity contribution in [1.82, 2.24) is 0 Å². The first kappa shape index (κ1) is 77.0. The zero-order valence-electron chi connectivity index (χ0n) is 16.6. The minimum Gasteiger partial charge on any atom is -0.565 e. The van der Waals surface area contributed by atoms with Gasteiger partial charge < -0.3 is 90.0 Å². The van der Waals surface area contributed by atoms with Gasteiger partial charge in [-0.15, -0.1) is 0 Å². The first-order chi connectivity index (χ1) is 10.4. The summed E-state index contributed by atoms with van der Waals surface area (Å²) >= 11 is 0.